The normalized spacial score (nSPS) is 13.4. The van der Waals surface area contributed by atoms with Gasteiger partial charge in [-0.3, -0.25) is 9.48 Å². The molecule has 0 bridgehead atoms. The SMILES string of the molecule is COCC(C)n1ccc(NC(=O)CC(C)(C)C)n1. The van der Waals surface area contributed by atoms with E-state index in [9.17, 15) is 4.79 Å². The van der Waals surface area contributed by atoms with Crippen molar-refractivity contribution in [3.8, 4) is 0 Å². The number of hydrogen-bond acceptors (Lipinski definition) is 3. The van der Waals surface area contributed by atoms with E-state index in [4.69, 9.17) is 4.74 Å². The Morgan fingerprint density at radius 2 is 2.22 bits per heavy atom. The molecule has 5 heteroatoms. The second-order valence-electron chi connectivity index (χ2n) is 5.77. The maximum absolute atomic E-state index is 11.7. The zero-order chi connectivity index (χ0) is 13.8. The lowest BCUT2D eigenvalue weighted by Gasteiger charge is -2.16. The fourth-order valence-corrected chi connectivity index (χ4v) is 1.64. The van der Waals surface area contributed by atoms with Crippen LogP contribution in [0.3, 0.4) is 0 Å². The molecule has 18 heavy (non-hydrogen) atoms. The van der Waals surface area contributed by atoms with Crippen LogP contribution in [0.5, 0.6) is 0 Å². The predicted molar refractivity (Wildman–Crippen MR) is 71.5 cm³/mol. The van der Waals surface area contributed by atoms with Crippen molar-refractivity contribution >= 4 is 11.7 Å². The molecule has 0 aliphatic rings. The first-order valence-electron chi connectivity index (χ1n) is 6.16. The van der Waals surface area contributed by atoms with E-state index >= 15 is 0 Å². The highest BCUT2D eigenvalue weighted by Crippen LogP contribution is 2.19. The first-order valence-corrected chi connectivity index (χ1v) is 6.16. The van der Waals surface area contributed by atoms with Gasteiger partial charge in [-0.2, -0.15) is 5.10 Å². The lowest BCUT2D eigenvalue weighted by Crippen LogP contribution is -2.20. The average molecular weight is 253 g/mol. The van der Waals surface area contributed by atoms with Gasteiger partial charge in [-0.1, -0.05) is 20.8 Å². The molecule has 0 aromatic carbocycles. The number of nitrogens with zero attached hydrogens (tertiary/aromatic N) is 2. The van der Waals surface area contributed by atoms with Crippen molar-refractivity contribution in [1.82, 2.24) is 9.78 Å². The topological polar surface area (TPSA) is 56.1 Å². The van der Waals surface area contributed by atoms with Gasteiger partial charge in [0.25, 0.3) is 0 Å². The number of ether oxygens (including phenoxy) is 1. The Balaban J connectivity index is 2.56. The lowest BCUT2D eigenvalue weighted by molar-refractivity contribution is -0.117. The van der Waals surface area contributed by atoms with Gasteiger partial charge in [0.1, 0.15) is 0 Å². The molecule has 0 aliphatic heterocycles. The van der Waals surface area contributed by atoms with E-state index in [-0.39, 0.29) is 17.4 Å². The fourth-order valence-electron chi connectivity index (χ4n) is 1.64. The highest BCUT2D eigenvalue weighted by Gasteiger charge is 2.16. The van der Waals surface area contributed by atoms with E-state index in [2.05, 4.69) is 10.4 Å². The Kier molecular flexibility index (Phi) is 4.90. The monoisotopic (exact) mass is 253 g/mol. The molecule has 0 saturated heterocycles. The van der Waals surface area contributed by atoms with Gasteiger partial charge in [-0.15, -0.1) is 0 Å². The fraction of sp³-hybridized carbons (Fsp3) is 0.692. The summed E-state index contributed by atoms with van der Waals surface area (Å²) in [4.78, 5) is 11.7. The van der Waals surface area contributed by atoms with Crippen LogP contribution in [0.15, 0.2) is 12.3 Å². The highest BCUT2D eigenvalue weighted by atomic mass is 16.5. The number of anilines is 1. The predicted octanol–water partition coefficient (Wildman–Crippen LogP) is 2.47. The highest BCUT2D eigenvalue weighted by molar-refractivity contribution is 5.90. The van der Waals surface area contributed by atoms with E-state index in [1.165, 1.54) is 0 Å². The molecule has 1 N–H and O–H groups in total. The Morgan fingerprint density at radius 1 is 1.56 bits per heavy atom. The van der Waals surface area contributed by atoms with Gasteiger partial charge in [0.15, 0.2) is 5.82 Å². The largest absolute Gasteiger partial charge is 0.382 e. The molecular formula is C13H23N3O2. The first-order chi connectivity index (χ1) is 8.31. The molecule has 5 nitrogen and oxygen atoms in total. The number of carbonyl (C=O) groups is 1. The van der Waals surface area contributed by atoms with E-state index in [1.54, 1.807) is 17.9 Å². The third kappa shape index (κ3) is 4.87. The van der Waals surface area contributed by atoms with Crippen LogP contribution < -0.4 is 5.32 Å². The van der Waals surface area contributed by atoms with Crippen LogP contribution in [0, 0.1) is 5.41 Å². The maximum atomic E-state index is 11.7. The molecule has 1 aromatic heterocycles. The van der Waals surface area contributed by atoms with Crippen LogP contribution in [0.4, 0.5) is 5.82 Å². The molecule has 1 heterocycles. The molecule has 102 valence electrons. The molecule has 0 radical (unpaired) electrons. The minimum atomic E-state index is -0.0179. The summed E-state index contributed by atoms with van der Waals surface area (Å²) in [6, 6.07) is 1.95. The Morgan fingerprint density at radius 3 is 2.78 bits per heavy atom. The van der Waals surface area contributed by atoms with E-state index < -0.39 is 0 Å². The van der Waals surface area contributed by atoms with E-state index in [0.29, 0.717) is 18.8 Å². The number of hydrogen-bond donors (Lipinski definition) is 1. The van der Waals surface area contributed by atoms with Gasteiger partial charge < -0.3 is 10.1 Å². The van der Waals surface area contributed by atoms with Crippen LogP contribution in [0.25, 0.3) is 0 Å². The van der Waals surface area contributed by atoms with Gasteiger partial charge in [-0.05, 0) is 12.3 Å². The molecule has 1 unspecified atom stereocenters. The van der Waals surface area contributed by atoms with Gasteiger partial charge in [0.05, 0.1) is 12.6 Å². The average Bonchev–Trinajstić information content (AvgIpc) is 2.63. The van der Waals surface area contributed by atoms with Crippen molar-refractivity contribution in [2.24, 2.45) is 5.41 Å². The van der Waals surface area contributed by atoms with Crippen molar-refractivity contribution in [3.63, 3.8) is 0 Å². The zero-order valence-electron chi connectivity index (χ0n) is 11.9. The molecule has 0 saturated carbocycles. The van der Waals surface area contributed by atoms with Crippen LogP contribution in [0.2, 0.25) is 0 Å². The Labute approximate surface area is 109 Å². The first kappa shape index (κ1) is 14.7. The number of rotatable bonds is 5. The second-order valence-corrected chi connectivity index (χ2v) is 5.77. The summed E-state index contributed by atoms with van der Waals surface area (Å²) in [5.74, 6) is 0.583. The summed E-state index contributed by atoms with van der Waals surface area (Å²) >= 11 is 0. The Bertz CT molecular complexity index is 393. The maximum Gasteiger partial charge on any atom is 0.226 e. The summed E-state index contributed by atoms with van der Waals surface area (Å²) in [6.07, 6.45) is 2.32. The van der Waals surface area contributed by atoms with Gasteiger partial charge >= 0.3 is 0 Å². The zero-order valence-corrected chi connectivity index (χ0v) is 11.9. The summed E-state index contributed by atoms with van der Waals surface area (Å²) in [7, 11) is 1.66. The van der Waals surface area contributed by atoms with Crippen LogP contribution >= 0.6 is 0 Å². The lowest BCUT2D eigenvalue weighted by atomic mass is 9.92. The third-order valence-corrected chi connectivity index (χ3v) is 2.43. The van der Waals surface area contributed by atoms with Crippen molar-refractivity contribution in [3.05, 3.63) is 12.3 Å². The van der Waals surface area contributed by atoms with Crippen LogP contribution in [-0.4, -0.2) is 29.4 Å². The second kappa shape index (κ2) is 6.00. The minimum absolute atomic E-state index is 0.00727. The molecule has 0 fully saturated rings. The van der Waals surface area contributed by atoms with Crippen molar-refractivity contribution < 1.29 is 9.53 Å². The van der Waals surface area contributed by atoms with Crippen LogP contribution in [0.1, 0.15) is 40.2 Å². The summed E-state index contributed by atoms with van der Waals surface area (Å²) in [5.41, 5.74) is -0.0179. The summed E-state index contributed by atoms with van der Waals surface area (Å²) in [6.45, 7) is 8.71. The molecular weight excluding hydrogens is 230 g/mol. The van der Waals surface area contributed by atoms with Gasteiger partial charge in [0.2, 0.25) is 5.91 Å². The quantitative estimate of drug-likeness (QED) is 0.877. The van der Waals surface area contributed by atoms with E-state index in [0.717, 1.165) is 0 Å². The third-order valence-electron chi connectivity index (χ3n) is 2.43. The summed E-state index contributed by atoms with van der Waals surface area (Å²) < 4.78 is 6.85. The number of nitrogens with one attached hydrogen (secondary N) is 1. The molecule has 1 amide bonds. The number of amides is 1. The van der Waals surface area contributed by atoms with Crippen molar-refractivity contribution in [2.75, 3.05) is 19.0 Å². The molecule has 1 atom stereocenters. The number of carbonyl (C=O) groups excluding carboxylic acids is 1. The number of aromatic nitrogens is 2. The van der Waals surface area contributed by atoms with E-state index in [1.807, 2.05) is 33.9 Å². The smallest absolute Gasteiger partial charge is 0.226 e. The molecule has 1 rings (SSSR count). The standard InChI is InChI=1S/C13H23N3O2/c1-10(9-18-5)16-7-6-11(15-16)14-12(17)8-13(2,3)4/h6-7,10H,8-9H2,1-5H3,(H,14,15,17). The molecule has 0 spiro atoms. The number of methoxy groups -OCH3 is 1. The van der Waals surface area contributed by atoms with Crippen molar-refractivity contribution in [2.45, 2.75) is 40.2 Å². The summed E-state index contributed by atoms with van der Waals surface area (Å²) in [5, 5.41) is 7.11. The van der Waals surface area contributed by atoms with Gasteiger partial charge in [-0.25, -0.2) is 0 Å². The minimum Gasteiger partial charge on any atom is -0.382 e. The Hall–Kier alpha value is -1.36. The van der Waals surface area contributed by atoms with Crippen LogP contribution in [-0.2, 0) is 9.53 Å². The molecule has 1 aromatic rings. The van der Waals surface area contributed by atoms with Crippen molar-refractivity contribution in [1.29, 1.82) is 0 Å². The molecule has 0 aliphatic carbocycles. The van der Waals surface area contributed by atoms with Gasteiger partial charge in [0, 0.05) is 25.8 Å².